The molecule has 2 rings (SSSR count). The highest BCUT2D eigenvalue weighted by molar-refractivity contribution is 9.10. The lowest BCUT2D eigenvalue weighted by Crippen LogP contribution is -1.99. The molecule has 0 bridgehead atoms. The topological polar surface area (TPSA) is 0 Å². The second kappa shape index (κ2) is 5.95. The van der Waals surface area contributed by atoms with Crippen molar-refractivity contribution in [3.63, 3.8) is 0 Å². The van der Waals surface area contributed by atoms with Crippen LogP contribution in [0.5, 0.6) is 0 Å². The summed E-state index contributed by atoms with van der Waals surface area (Å²) in [6, 6.07) is 8.72. The molecule has 0 nitrogen and oxygen atoms in total. The molecule has 0 unspecified atom stereocenters. The summed E-state index contributed by atoms with van der Waals surface area (Å²) >= 11 is 5.54. The van der Waals surface area contributed by atoms with Crippen molar-refractivity contribution < 1.29 is 0 Å². The first kappa shape index (κ1) is 11.5. The van der Waals surface area contributed by atoms with Crippen LogP contribution < -0.4 is 0 Å². The van der Waals surface area contributed by atoms with Crippen LogP contribution in [0.15, 0.2) is 33.6 Å². The smallest absolute Gasteiger partial charge is 0.0176 e. The summed E-state index contributed by atoms with van der Waals surface area (Å²) in [7, 11) is 0. The number of hydrogen-bond acceptors (Lipinski definition) is 1. The highest BCUT2D eigenvalue weighted by Crippen LogP contribution is 2.33. The zero-order valence-electron chi connectivity index (χ0n) is 8.92. The molecular weight excluding hydrogens is 268 g/mol. The molecule has 1 saturated carbocycles. The van der Waals surface area contributed by atoms with E-state index in [4.69, 9.17) is 0 Å². The van der Waals surface area contributed by atoms with Gasteiger partial charge in [0.05, 0.1) is 0 Å². The van der Waals surface area contributed by atoms with Gasteiger partial charge in [-0.3, -0.25) is 0 Å². The van der Waals surface area contributed by atoms with E-state index in [0.29, 0.717) is 0 Å². The number of hydrogen-bond donors (Lipinski definition) is 0. The normalized spacial score (nSPS) is 18.7. The van der Waals surface area contributed by atoms with Crippen LogP contribution in [-0.2, 0) is 0 Å². The van der Waals surface area contributed by atoms with Crippen molar-refractivity contribution >= 4 is 27.7 Å². The number of benzene rings is 1. The van der Waals surface area contributed by atoms with Crippen LogP contribution in [0, 0.1) is 0 Å². The zero-order valence-corrected chi connectivity index (χ0v) is 11.3. The summed E-state index contributed by atoms with van der Waals surface area (Å²) in [5.74, 6) is 0. The molecular formula is C13H17BrS. The van der Waals surface area contributed by atoms with Crippen LogP contribution >= 0.6 is 27.7 Å². The maximum Gasteiger partial charge on any atom is 0.0176 e. The van der Waals surface area contributed by atoms with E-state index in [-0.39, 0.29) is 0 Å². The molecule has 1 aliphatic rings. The Balaban J connectivity index is 1.92. The second-order valence-corrected chi connectivity index (χ2v) is 6.47. The molecule has 1 aromatic carbocycles. The van der Waals surface area contributed by atoms with Gasteiger partial charge in [0, 0.05) is 14.6 Å². The van der Waals surface area contributed by atoms with Gasteiger partial charge in [0.15, 0.2) is 0 Å². The van der Waals surface area contributed by atoms with Crippen LogP contribution in [0.25, 0.3) is 0 Å². The molecule has 82 valence electrons. The van der Waals surface area contributed by atoms with Gasteiger partial charge in [0.1, 0.15) is 0 Å². The van der Waals surface area contributed by atoms with E-state index < -0.39 is 0 Å². The van der Waals surface area contributed by atoms with Gasteiger partial charge >= 0.3 is 0 Å². The summed E-state index contributed by atoms with van der Waals surface area (Å²) in [6.45, 7) is 0. The van der Waals surface area contributed by atoms with Crippen LogP contribution in [0.2, 0.25) is 0 Å². The van der Waals surface area contributed by atoms with Gasteiger partial charge in [0.25, 0.3) is 0 Å². The predicted molar refractivity (Wildman–Crippen MR) is 71.5 cm³/mol. The minimum Gasteiger partial charge on any atom is -0.123 e. The Morgan fingerprint density at radius 3 is 2.13 bits per heavy atom. The van der Waals surface area contributed by atoms with Crippen molar-refractivity contribution in [2.45, 2.75) is 48.7 Å². The number of rotatable bonds is 2. The number of halogens is 1. The Kier molecular flexibility index (Phi) is 4.58. The average molecular weight is 285 g/mol. The van der Waals surface area contributed by atoms with Crippen molar-refractivity contribution in [2.24, 2.45) is 0 Å². The summed E-state index contributed by atoms with van der Waals surface area (Å²) in [5, 5.41) is 0.855. The molecule has 1 aliphatic carbocycles. The molecule has 0 amide bonds. The van der Waals surface area contributed by atoms with Crippen molar-refractivity contribution in [2.75, 3.05) is 0 Å². The number of thioether (sulfide) groups is 1. The Morgan fingerprint density at radius 2 is 1.53 bits per heavy atom. The van der Waals surface area contributed by atoms with Crippen LogP contribution in [0.4, 0.5) is 0 Å². The average Bonchev–Trinajstić information content (AvgIpc) is 2.50. The summed E-state index contributed by atoms with van der Waals surface area (Å²) in [5.41, 5.74) is 0. The molecule has 0 atom stereocenters. The lowest BCUT2D eigenvalue weighted by Gasteiger charge is -2.13. The maximum atomic E-state index is 3.47. The first-order valence-corrected chi connectivity index (χ1v) is 7.44. The first-order chi connectivity index (χ1) is 7.34. The molecule has 0 radical (unpaired) electrons. The van der Waals surface area contributed by atoms with E-state index >= 15 is 0 Å². The first-order valence-electron chi connectivity index (χ1n) is 5.77. The van der Waals surface area contributed by atoms with Gasteiger partial charge in [-0.05, 0) is 37.1 Å². The van der Waals surface area contributed by atoms with E-state index in [9.17, 15) is 0 Å². The quantitative estimate of drug-likeness (QED) is 0.667. The maximum absolute atomic E-state index is 3.47. The van der Waals surface area contributed by atoms with Crippen molar-refractivity contribution in [1.82, 2.24) is 0 Å². The van der Waals surface area contributed by atoms with Gasteiger partial charge in [-0.25, -0.2) is 0 Å². The van der Waals surface area contributed by atoms with Crippen molar-refractivity contribution in [3.8, 4) is 0 Å². The third-order valence-corrected chi connectivity index (χ3v) is 4.80. The highest BCUT2D eigenvalue weighted by atomic mass is 79.9. The second-order valence-electron chi connectivity index (χ2n) is 4.19. The Hall–Kier alpha value is 0.0500. The van der Waals surface area contributed by atoms with E-state index in [2.05, 4.69) is 52.0 Å². The Bertz CT molecular complexity index is 286. The minimum absolute atomic E-state index is 0.855. The Labute approximate surface area is 105 Å². The van der Waals surface area contributed by atoms with Gasteiger partial charge in [-0.2, -0.15) is 0 Å². The van der Waals surface area contributed by atoms with Gasteiger partial charge in [-0.15, -0.1) is 11.8 Å². The van der Waals surface area contributed by atoms with Gasteiger partial charge in [0.2, 0.25) is 0 Å². The third kappa shape index (κ3) is 3.84. The molecule has 15 heavy (non-hydrogen) atoms. The molecule has 0 aromatic heterocycles. The van der Waals surface area contributed by atoms with Crippen molar-refractivity contribution in [3.05, 3.63) is 28.7 Å². The van der Waals surface area contributed by atoms with Gasteiger partial charge < -0.3 is 0 Å². The standard InChI is InChI=1S/C13H17BrS/c14-11-7-9-13(10-8-11)15-12-5-3-1-2-4-6-12/h7-10,12H,1-6H2. The van der Waals surface area contributed by atoms with E-state index in [0.717, 1.165) is 5.25 Å². The van der Waals surface area contributed by atoms with Crippen LogP contribution in [-0.4, -0.2) is 5.25 Å². The lowest BCUT2D eigenvalue weighted by atomic mass is 10.2. The highest BCUT2D eigenvalue weighted by Gasteiger charge is 2.13. The molecule has 0 N–H and O–H groups in total. The zero-order chi connectivity index (χ0) is 10.5. The van der Waals surface area contributed by atoms with Gasteiger partial charge in [-0.1, -0.05) is 41.6 Å². The summed E-state index contributed by atoms with van der Waals surface area (Å²) in [6.07, 6.45) is 8.54. The molecule has 2 heteroatoms. The fraction of sp³-hybridized carbons (Fsp3) is 0.538. The summed E-state index contributed by atoms with van der Waals surface area (Å²) in [4.78, 5) is 1.42. The SMILES string of the molecule is Brc1ccc(SC2CCCCCC2)cc1. The molecule has 0 spiro atoms. The lowest BCUT2D eigenvalue weighted by molar-refractivity contribution is 0.702. The monoisotopic (exact) mass is 284 g/mol. The Morgan fingerprint density at radius 1 is 0.933 bits per heavy atom. The van der Waals surface area contributed by atoms with Crippen molar-refractivity contribution in [1.29, 1.82) is 0 Å². The molecule has 1 fully saturated rings. The molecule has 0 saturated heterocycles. The summed E-state index contributed by atoms with van der Waals surface area (Å²) < 4.78 is 1.17. The fourth-order valence-corrected chi connectivity index (χ4v) is 3.58. The van der Waals surface area contributed by atoms with Crippen LogP contribution in [0.3, 0.4) is 0 Å². The molecule has 0 heterocycles. The predicted octanol–water partition coefficient (Wildman–Crippen LogP) is 5.26. The largest absolute Gasteiger partial charge is 0.123 e. The minimum atomic E-state index is 0.855. The van der Waals surface area contributed by atoms with E-state index in [1.807, 2.05) is 0 Å². The van der Waals surface area contributed by atoms with E-state index in [1.165, 1.54) is 47.9 Å². The molecule has 0 aliphatic heterocycles. The van der Waals surface area contributed by atoms with Crippen LogP contribution in [0.1, 0.15) is 38.5 Å². The third-order valence-electron chi connectivity index (χ3n) is 2.92. The van der Waals surface area contributed by atoms with E-state index in [1.54, 1.807) is 0 Å². The fourth-order valence-electron chi connectivity index (χ4n) is 2.07. The molecule has 1 aromatic rings.